The predicted molar refractivity (Wildman–Crippen MR) is 60.1 cm³/mol. The second-order valence-electron chi connectivity index (χ2n) is 2.67. The summed E-state index contributed by atoms with van der Waals surface area (Å²) in [6.45, 7) is 0. The Kier molecular flexibility index (Phi) is 4.53. The van der Waals surface area contributed by atoms with Gasteiger partial charge in [-0.25, -0.2) is 4.79 Å². The van der Waals surface area contributed by atoms with Gasteiger partial charge in [0.25, 0.3) is 5.69 Å². The van der Waals surface area contributed by atoms with E-state index in [0.717, 1.165) is 11.8 Å². The van der Waals surface area contributed by atoms with E-state index in [1.165, 1.54) is 24.7 Å². The maximum Gasteiger partial charge on any atom is 0.330 e. The van der Waals surface area contributed by atoms with Crippen molar-refractivity contribution in [3.8, 4) is 0 Å². The zero-order chi connectivity index (χ0) is 12.0. The standard InChI is InChI=1S/C10H9NO4S/c1-15-10(12)6-7-16-9-5-3-2-4-8(9)11(13)14/h2-7H,1H3. The van der Waals surface area contributed by atoms with Gasteiger partial charge in [0, 0.05) is 12.1 Å². The maximum atomic E-state index is 10.8. The number of nitro benzene ring substituents is 1. The van der Waals surface area contributed by atoms with Gasteiger partial charge in [0.05, 0.1) is 16.9 Å². The molecule has 0 aliphatic heterocycles. The fraction of sp³-hybridized carbons (Fsp3) is 0.100. The maximum absolute atomic E-state index is 10.8. The lowest BCUT2D eigenvalue weighted by molar-refractivity contribution is -0.387. The Labute approximate surface area is 96.3 Å². The van der Waals surface area contributed by atoms with E-state index in [1.807, 2.05) is 0 Å². The van der Waals surface area contributed by atoms with E-state index in [4.69, 9.17) is 0 Å². The minimum Gasteiger partial charge on any atom is -0.466 e. The van der Waals surface area contributed by atoms with Crippen molar-refractivity contribution in [2.75, 3.05) is 7.11 Å². The number of thioether (sulfide) groups is 1. The van der Waals surface area contributed by atoms with E-state index in [9.17, 15) is 14.9 Å². The van der Waals surface area contributed by atoms with Crippen LogP contribution >= 0.6 is 11.8 Å². The molecule has 0 unspecified atom stereocenters. The van der Waals surface area contributed by atoms with E-state index in [2.05, 4.69) is 4.74 Å². The van der Waals surface area contributed by atoms with E-state index in [0.29, 0.717) is 4.90 Å². The molecule has 0 spiro atoms. The van der Waals surface area contributed by atoms with Crippen LogP contribution in [0.5, 0.6) is 0 Å². The van der Waals surface area contributed by atoms with Crippen molar-refractivity contribution in [2.45, 2.75) is 4.90 Å². The molecular formula is C10H9NO4S. The zero-order valence-electron chi connectivity index (χ0n) is 8.45. The molecule has 0 saturated heterocycles. The molecule has 0 bridgehead atoms. The summed E-state index contributed by atoms with van der Waals surface area (Å²) in [5.41, 5.74) is 0.0158. The van der Waals surface area contributed by atoms with E-state index in [-0.39, 0.29) is 5.69 Å². The van der Waals surface area contributed by atoms with Crippen molar-refractivity contribution in [2.24, 2.45) is 0 Å². The van der Waals surface area contributed by atoms with Gasteiger partial charge in [-0.15, -0.1) is 0 Å². The van der Waals surface area contributed by atoms with Crippen LogP contribution in [0, 0.1) is 10.1 Å². The molecule has 0 atom stereocenters. The number of carbonyl (C=O) groups excluding carboxylic acids is 1. The van der Waals surface area contributed by atoms with Gasteiger partial charge >= 0.3 is 5.97 Å². The van der Waals surface area contributed by atoms with Gasteiger partial charge in [0.1, 0.15) is 0 Å². The number of nitro groups is 1. The van der Waals surface area contributed by atoms with Crippen LogP contribution in [0.2, 0.25) is 0 Å². The first-order valence-corrected chi connectivity index (χ1v) is 5.17. The van der Waals surface area contributed by atoms with Gasteiger partial charge in [-0.1, -0.05) is 23.9 Å². The van der Waals surface area contributed by atoms with Crippen LogP contribution in [-0.4, -0.2) is 18.0 Å². The molecule has 0 aromatic heterocycles. The van der Waals surface area contributed by atoms with E-state index < -0.39 is 10.9 Å². The Morgan fingerprint density at radius 2 is 2.19 bits per heavy atom. The third-order valence-electron chi connectivity index (χ3n) is 1.66. The SMILES string of the molecule is COC(=O)C=CSc1ccccc1[N+](=O)[O-]. The molecule has 1 aromatic rings. The quantitative estimate of drug-likeness (QED) is 0.265. The highest BCUT2D eigenvalue weighted by molar-refractivity contribution is 8.02. The number of ether oxygens (including phenoxy) is 1. The molecule has 84 valence electrons. The van der Waals surface area contributed by atoms with Crippen LogP contribution in [0.4, 0.5) is 5.69 Å². The molecule has 0 fully saturated rings. The molecule has 0 N–H and O–H groups in total. The first kappa shape index (κ1) is 12.3. The number of hydrogen-bond acceptors (Lipinski definition) is 5. The summed E-state index contributed by atoms with van der Waals surface area (Å²) >= 11 is 1.10. The lowest BCUT2D eigenvalue weighted by atomic mass is 10.3. The lowest BCUT2D eigenvalue weighted by Gasteiger charge is -1.97. The monoisotopic (exact) mass is 239 g/mol. The van der Waals surface area contributed by atoms with Crippen molar-refractivity contribution in [3.05, 3.63) is 45.9 Å². The molecule has 0 radical (unpaired) electrons. The number of para-hydroxylation sites is 1. The van der Waals surface area contributed by atoms with Crippen molar-refractivity contribution in [3.63, 3.8) is 0 Å². The fourth-order valence-electron chi connectivity index (χ4n) is 0.939. The number of benzene rings is 1. The third-order valence-corrected chi connectivity index (χ3v) is 2.53. The fourth-order valence-corrected chi connectivity index (χ4v) is 1.68. The normalized spacial score (nSPS) is 10.3. The molecule has 0 heterocycles. The van der Waals surface area contributed by atoms with Crippen LogP contribution < -0.4 is 0 Å². The predicted octanol–water partition coefficient (Wildman–Crippen LogP) is 2.37. The van der Waals surface area contributed by atoms with Gasteiger partial charge in [0.2, 0.25) is 0 Å². The summed E-state index contributed by atoms with van der Waals surface area (Å²) in [4.78, 5) is 21.4. The van der Waals surface area contributed by atoms with Gasteiger partial charge < -0.3 is 4.74 Å². The largest absolute Gasteiger partial charge is 0.466 e. The van der Waals surface area contributed by atoms with Gasteiger partial charge in [-0.05, 0) is 11.5 Å². The van der Waals surface area contributed by atoms with Crippen LogP contribution in [0.25, 0.3) is 0 Å². The highest BCUT2D eigenvalue weighted by atomic mass is 32.2. The van der Waals surface area contributed by atoms with Crippen molar-refractivity contribution in [1.29, 1.82) is 0 Å². The summed E-state index contributed by atoms with van der Waals surface area (Å²) in [6.07, 6.45) is 1.21. The minimum atomic E-state index is -0.494. The summed E-state index contributed by atoms with van der Waals surface area (Å²) in [5.74, 6) is -0.494. The second kappa shape index (κ2) is 5.92. The van der Waals surface area contributed by atoms with Gasteiger partial charge in [-0.3, -0.25) is 10.1 Å². The molecule has 0 aliphatic rings. The van der Waals surface area contributed by atoms with Crippen LogP contribution in [0.15, 0.2) is 40.6 Å². The summed E-state index contributed by atoms with van der Waals surface area (Å²) in [6, 6.07) is 6.31. The van der Waals surface area contributed by atoms with Gasteiger partial charge in [0.15, 0.2) is 0 Å². The number of hydrogen-bond donors (Lipinski definition) is 0. The number of rotatable bonds is 4. The Bertz CT molecular complexity index is 431. The average Bonchev–Trinajstić information content (AvgIpc) is 2.29. The summed E-state index contributed by atoms with van der Waals surface area (Å²) < 4.78 is 4.39. The van der Waals surface area contributed by atoms with Crippen molar-refractivity contribution < 1.29 is 14.5 Å². The highest BCUT2D eigenvalue weighted by Gasteiger charge is 2.11. The summed E-state index contributed by atoms with van der Waals surface area (Å²) in [7, 11) is 1.27. The Morgan fingerprint density at radius 3 is 2.81 bits per heavy atom. The first-order valence-electron chi connectivity index (χ1n) is 4.29. The average molecular weight is 239 g/mol. The number of nitrogens with zero attached hydrogens (tertiary/aromatic N) is 1. The molecule has 0 amide bonds. The molecule has 0 saturated carbocycles. The number of carbonyl (C=O) groups is 1. The van der Waals surface area contributed by atoms with E-state index in [1.54, 1.807) is 18.2 Å². The van der Waals surface area contributed by atoms with Crippen LogP contribution in [0.1, 0.15) is 0 Å². The molecule has 1 rings (SSSR count). The Hall–Kier alpha value is -1.82. The third kappa shape index (κ3) is 3.39. The first-order chi connectivity index (χ1) is 7.65. The number of methoxy groups -OCH3 is 1. The Morgan fingerprint density at radius 1 is 1.50 bits per heavy atom. The molecule has 16 heavy (non-hydrogen) atoms. The molecule has 5 nitrogen and oxygen atoms in total. The van der Waals surface area contributed by atoms with Gasteiger partial charge in [-0.2, -0.15) is 0 Å². The van der Waals surface area contributed by atoms with Crippen molar-refractivity contribution >= 4 is 23.4 Å². The smallest absolute Gasteiger partial charge is 0.330 e. The van der Waals surface area contributed by atoms with E-state index >= 15 is 0 Å². The topological polar surface area (TPSA) is 69.4 Å². The molecule has 0 aliphatic carbocycles. The summed E-state index contributed by atoms with van der Waals surface area (Å²) in [5, 5.41) is 12.1. The lowest BCUT2D eigenvalue weighted by Crippen LogP contribution is -1.93. The molecular weight excluding hydrogens is 230 g/mol. The minimum absolute atomic E-state index is 0.0158. The van der Waals surface area contributed by atoms with Crippen LogP contribution in [-0.2, 0) is 9.53 Å². The van der Waals surface area contributed by atoms with Crippen molar-refractivity contribution in [1.82, 2.24) is 0 Å². The highest BCUT2D eigenvalue weighted by Crippen LogP contribution is 2.29. The number of esters is 1. The van der Waals surface area contributed by atoms with Crippen LogP contribution in [0.3, 0.4) is 0 Å². The molecule has 6 heteroatoms. The second-order valence-corrected chi connectivity index (χ2v) is 3.62. The zero-order valence-corrected chi connectivity index (χ0v) is 9.27. The molecule has 1 aromatic carbocycles. The Balaban J connectivity index is 2.77.